The molecule has 0 aliphatic carbocycles. The second kappa shape index (κ2) is 6.36. The first kappa shape index (κ1) is 16.8. The van der Waals surface area contributed by atoms with E-state index in [-0.39, 0.29) is 0 Å². The molecule has 134 valence electrons. The molecule has 5 rings (SSSR count). The normalized spacial score (nSPS) is 19.1. The average molecular weight is 476 g/mol. The van der Waals surface area contributed by atoms with E-state index in [9.17, 15) is 0 Å². The standard InChI is InChI=1S/C20H20Br2N4/c1-24-6-8-25(9-7-24)20-16-11-15(22)10-13-4-5-26(19(13)16)18-3-2-14(21)12-17(18)23-20/h2-3,10-12H,4-9H2,1H3. The number of rotatable bonds is 0. The summed E-state index contributed by atoms with van der Waals surface area (Å²) in [6, 6.07) is 11.0. The molecule has 0 amide bonds. The van der Waals surface area contributed by atoms with Gasteiger partial charge in [-0.25, -0.2) is 4.99 Å². The Labute approximate surface area is 170 Å². The quantitative estimate of drug-likeness (QED) is 0.558. The van der Waals surface area contributed by atoms with Gasteiger partial charge in [-0.05, 0) is 49.4 Å². The van der Waals surface area contributed by atoms with E-state index in [2.05, 4.69) is 83.9 Å². The SMILES string of the molecule is CN1CCN(C2=Nc3cc(Br)ccc3N3CCc4cc(Br)cc2c43)CC1. The zero-order valence-electron chi connectivity index (χ0n) is 14.7. The van der Waals surface area contributed by atoms with E-state index in [0.717, 1.165) is 59.6 Å². The van der Waals surface area contributed by atoms with E-state index in [1.54, 1.807) is 0 Å². The second-order valence-electron chi connectivity index (χ2n) is 7.22. The number of aliphatic imine (C=N–C) groups is 1. The fraction of sp³-hybridized carbons (Fsp3) is 0.350. The van der Waals surface area contributed by atoms with Crippen molar-refractivity contribution in [3.8, 4) is 0 Å². The molecule has 0 bridgehead atoms. The molecule has 6 heteroatoms. The van der Waals surface area contributed by atoms with E-state index in [1.807, 2.05) is 0 Å². The van der Waals surface area contributed by atoms with Gasteiger partial charge in [-0.3, -0.25) is 0 Å². The maximum atomic E-state index is 5.19. The topological polar surface area (TPSA) is 22.1 Å². The summed E-state index contributed by atoms with van der Waals surface area (Å²) >= 11 is 7.35. The Morgan fingerprint density at radius 1 is 0.923 bits per heavy atom. The molecule has 2 aromatic rings. The number of hydrogen-bond acceptors (Lipinski definition) is 4. The van der Waals surface area contributed by atoms with Gasteiger partial charge >= 0.3 is 0 Å². The van der Waals surface area contributed by atoms with Crippen LogP contribution in [-0.4, -0.2) is 55.4 Å². The molecule has 1 saturated heterocycles. The van der Waals surface area contributed by atoms with Crippen LogP contribution >= 0.6 is 31.9 Å². The summed E-state index contributed by atoms with van der Waals surface area (Å²) in [4.78, 5) is 12.5. The lowest BCUT2D eigenvalue weighted by Crippen LogP contribution is -2.47. The summed E-state index contributed by atoms with van der Waals surface area (Å²) in [5.74, 6) is 1.11. The Morgan fingerprint density at radius 2 is 1.73 bits per heavy atom. The van der Waals surface area contributed by atoms with Crippen LogP contribution in [0.5, 0.6) is 0 Å². The molecule has 0 saturated carbocycles. The van der Waals surface area contributed by atoms with E-state index in [1.165, 1.54) is 22.5 Å². The number of hydrogen-bond donors (Lipinski definition) is 0. The van der Waals surface area contributed by atoms with Crippen molar-refractivity contribution in [1.29, 1.82) is 0 Å². The summed E-state index contributed by atoms with van der Waals surface area (Å²) < 4.78 is 2.21. The van der Waals surface area contributed by atoms with Crippen LogP contribution in [0.3, 0.4) is 0 Å². The van der Waals surface area contributed by atoms with Crippen LogP contribution in [-0.2, 0) is 6.42 Å². The van der Waals surface area contributed by atoms with Gasteiger partial charge in [-0.2, -0.15) is 0 Å². The van der Waals surface area contributed by atoms with E-state index in [0.29, 0.717) is 0 Å². The summed E-state index contributed by atoms with van der Waals surface area (Å²) in [6.07, 6.45) is 1.08. The first-order chi connectivity index (χ1) is 12.6. The van der Waals surface area contributed by atoms with Crippen molar-refractivity contribution in [2.75, 3.05) is 44.7 Å². The number of piperazine rings is 1. The van der Waals surface area contributed by atoms with Crippen molar-refractivity contribution < 1.29 is 0 Å². The van der Waals surface area contributed by atoms with Gasteiger partial charge in [0.1, 0.15) is 5.84 Å². The molecular weight excluding hydrogens is 456 g/mol. The minimum Gasteiger partial charge on any atom is -0.353 e. The second-order valence-corrected chi connectivity index (χ2v) is 9.05. The maximum absolute atomic E-state index is 5.19. The van der Waals surface area contributed by atoms with Crippen LogP contribution in [0, 0.1) is 0 Å². The van der Waals surface area contributed by atoms with Crippen LogP contribution in [0.25, 0.3) is 0 Å². The van der Waals surface area contributed by atoms with Crippen LogP contribution in [0.4, 0.5) is 17.1 Å². The number of amidine groups is 1. The first-order valence-electron chi connectivity index (χ1n) is 9.02. The fourth-order valence-electron chi connectivity index (χ4n) is 4.17. The zero-order valence-corrected chi connectivity index (χ0v) is 17.8. The van der Waals surface area contributed by atoms with Crippen molar-refractivity contribution >= 4 is 54.8 Å². The van der Waals surface area contributed by atoms with Crippen molar-refractivity contribution in [3.63, 3.8) is 0 Å². The highest BCUT2D eigenvalue weighted by Crippen LogP contribution is 2.46. The summed E-state index contributed by atoms with van der Waals surface area (Å²) in [6.45, 7) is 5.19. The molecule has 1 fully saturated rings. The third-order valence-corrected chi connectivity index (χ3v) is 6.48. The van der Waals surface area contributed by atoms with Crippen molar-refractivity contribution in [2.24, 2.45) is 4.99 Å². The Bertz CT molecular complexity index is 916. The minimum absolute atomic E-state index is 1.01. The van der Waals surface area contributed by atoms with Crippen LogP contribution in [0.15, 0.2) is 44.3 Å². The average Bonchev–Trinajstić information content (AvgIpc) is 2.98. The van der Waals surface area contributed by atoms with E-state index < -0.39 is 0 Å². The zero-order chi connectivity index (χ0) is 17.8. The van der Waals surface area contributed by atoms with E-state index >= 15 is 0 Å². The molecule has 0 unspecified atom stereocenters. The Kier molecular flexibility index (Phi) is 4.10. The summed E-state index contributed by atoms with van der Waals surface area (Å²) in [5.41, 5.74) is 6.26. The third kappa shape index (κ3) is 2.70. The molecule has 3 heterocycles. The molecule has 26 heavy (non-hydrogen) atoms. The van der Waals surface area contributed by atoms with Crippen molar-refractivity contribution in [3.05, 3.63) is 50.4 Å². The van der Waals surface area contributed by atoms with Gasteiger partial charge in [0.05, 0.1) is 17.1 Å². The van der Waals surface area contributed by atoms with Crippen molar-refractivity contribution in [1.82, 2.24) is 9.80 Å². The molecule has 2 aromatic carbocycles. The van der Waals surface area contributed by atoms with Gasteiger partial charge in [-0.1, -0.05) is 31.9 Å². The monoisotopic (exact) mass is 474 g/mol. The predicted molar refractivity (Wildman–Crippen MR) is 114 cm³/mol. The van der Waals surface area contributed by atoms with Crippen molar-refractivity contribution in [2.45, 2.75) is 6.42 Å². The summed E-state index contributed by atoms with van der Waals surface area (Å²) in [5, 5.41) is 0. The highest BCUT2D eigenvalue weighted by molar-refractivity contribution is 9.10. The molecule has 0 spiro atoms. The highest BCUT2D eigenvalue weighted by Gasteiger charge is 2.32. The molecule has 0 aromatic heterocycles. The number of anilines is 2. The number of likely N-dealkylation sites (N-methyl/N-ethyl adjacent to an activating group) is 1. The van der Waals surface area contributed by atoms with Gasteiger partial charge in [0.2, 0.25) is 0 Å². The molecule has 3 aliphatic heterocycles. The predicted octanol–water partition coefficient (Wildman–Crippen LogP) is 4.54. The van der Waals surface area contributed by atoms with Crippen LogP contribution < -0.4 is 4.90 Å². The highest BCUT2D eigenvalue weighted by atomic mass is 79.9. The summed E-state index contributed by atoms with van der Waals surface area (Å²) in [7, 11) is 2.19. The molecular formula is C20H20Br2N4. The largest absolute Gasteiger partial charge is 0.353 e. The van der Waals surface area contributed by atoms with Crippen LogP contribution in [0.2, 0.25) is 0 Å². The number of benzene rings is 2. The fourth-order valence-corrected chi connectivity index (χ4v) is 5.02. The van der Waals surface area contributed by atoms with Gasteiger partial charge in [-0.15, -0.1) is 0 Å². The third-order valence-electron chi connectivity index (χ3n) is 5.53. The lowest BCUT2D eigenvalue weighted by atomic mass is 10.1. The molecule has 0 atom stereocenters. The number of halogens is 2. The van der Waals surface area contributed by atoms with Gasteiger partial charge in [0, 0.05) is 47.2 Å². The minimum atomic E-state index is 1.01. The van der Waals surface area contributed by atoms with Crippen LogP contribution in [0.1, 0.15) is 11.1 Å². The van der Waals surface area contributed by atoms with E-state index in [4.69, 9.17) is 4.99 Å². The number of nitrogens with zero attached hydrogens (tertiary/aromatic N) is 4. The Balaban J connectivity index is 1.73. The molecule has 0 N–H and O–H groups in total. The lowest BCUT2D eigenvalue weighted by molar-refractivity contribution is 0.216. The van der Waals surface area contributed by atoms with Gasteiger partial charge < -0.3 is 14.7 Å². The Hall–Kier alpha value is -1.37. The number of fused-ring (bicyclic) bond motifs is 2. The Morgan fingerprint density at radius 3 is 2.54 bits per heavy atom. The lowest BCUT2D eigenvalue weighted by Gasteiger charge is -2.35. The molecule has 4 nitrogen and oxygen atoms in total. The molecule has 3 aliphatic rings. The molecule has 0 radical (unpaired) electrons. The first-order valence-corrected chi connectivity index (χ1v) is 10.6. The maximum Gasteiger partial charge on any atom is 0.138 e. The van der Waals surface area contributed by atoms with Gasteiger partial charge in [0.15, 0.2) is 0 Å². The smallest absolute Gasteiger partial charge is 0.138 e. The van der Waals surface area contributed by atoms with Gasteiger partial charge in [0.25, 0.3) is 0 Å².